The van der Waals surface area contributed by atoms with Crippen LogP contribution in [0, 0.1) is 12.7 Å². The van der Waals surface area contributed by atoms with Crippen LogP contribution >= 0.6 is 0 Å². The number of nitrogens with one attached hydrogen (secondary N) is 1. The minimum atomic E-state index is -0.465. The van der Waals surface area contributed by atoms with Gasteiger partial charge in [-0.1, -0.05) is 0 Å². The van der Waals surface area contributed by atoms with E-state index in [0.29, 0.717) is 11.2 Å². The van der Waals surface area contributed by atoms with Crippen LogP contribution in [0.2, 0.25) is 0 Å². The average molecular weight is 350 g/mol. The topological polar surface area (TPSA) is 77.1 Å². The monoisotopic (exact) mass is 350 g/mol. The van der Waals surface area contributed by atoms with Crippen molar-refractivity contribution in [1.82, 2.24) is 24.1 Å². The lowest BCUT2D eigenvalue weighted by atomic mass is 10.1. The Morgan fingerprint density at radius 3 is 2.77 bits per heavy atom. The van der Waals surface area contributed by atoms with Gasteiger partial charge in [-0.15, -0.1) is 0 Å². The zero-order chi connectivity index (χ0) is 18.3. The number of nitrogens with zero attached hydrogens (tertiary/aromatic N) is 5. The van der Waals surface area contributed by atoms with Gasteiger partial charge in [0.25, 0.3) is 5.91 Å². The Kier molecular flexibility index (Phi) is 3.72. The molecule has 0 aromatic carbocycles. The number of carbonyl (C=O) groups excluding carboxylic acids is 1. The van der Waals surface area contributed by atoms with Crippen molar-refractivity contribution in [3.63, 3.8) is 0 Å². The van der Waals surface area contributed by atoms with Crippen LogP contribution in [0.15, 0.2) is 49.2 Å². The normalized spacial score (nSPS) is 11.0. The molecule has 4 rings (SSSR count). The molecule has 0 atom stereocenters. The van der Waals surface area contributed by atoms with Crippen LogP contribution in [0.5, 0.6) is 0 Å². The Hall–Kier alpha value is -3.55. The number of hydrogen-bond donors (Lipinski definition) is 1. The van der Waals surface area contributed by atoms with Gasteiger partial charge in [0.2, 0.25) is 0 Å². The Morgan fingerprint density at radius 2 is 2.08 bits per heavy atom. The molecule has 0 saturated carbocycles. The molecule has 4 aromatic rings. The van der Waals surface area contributed by atoms with Gasteiger partial charge in [-0.25, -0.2) is 14.4 Å². The first-order valence-electron chi connectivity index (χ1n) is 7.91. The van der Waals surface area contributed by atoms with Crippen molar-refractivity contribution in [1.29, 1.82) is 0 Å². The van der Waals surface area contributed by atoms with Gasteiger partial charge in [0, 0.05) is 43.0 Å². The molecule has 0 radical (unpaired) electrons. The highest BCUT2D eigenvalue weighted by molar-refractivity contribution is 6.08. The second kappa shape index (κ2) is 6.07. The number of imidazole rings is 1. The molecule has 130 valence electrons. The highest BCUT2D eigenvalue weighted by Gasteiger charge is 2.16. The third kappa shape index (κ3) is 2.81. The average Bonchev–Trinajstić information content (AvgIpc) is 3.21. The van der Waals surface area contributed by atoms with Gasteiger partial charge >= 0.3 is 0 Å². The number of amides is 1. The van der Waals surface area contributed by atoms with Crippen LogP contribution in [0.1, 0.15) is 16.1 Å². The minimum Gasteiger partial charge on any atom is -0.306 e. The van der Waals surface area contributed by atoms with Crippen LogP contribution in [-0.2, 0) is 7.05 Å². The Labute approximate surface area is 148 Å². The molecule has 8 heteroatoms. The molecule has 0 unspecified atom stereocenters. The van der Waals surface area contributed by atoms with E-state index >= 15 is 0 Å². The molecule has 7 nitrogen and oxygen atoms in total. The van der Waals surface area contributed by atoms with Crippen molar-refractivity contribution in [3.05, 3.63) is 66.3 Å². The van der Waals surface area contributed by atoms with Crippen LogP contribution in [0.25, 0.3) is 16.8 Å². The molecule has 4 heterocycles. The van der Waals surface area contributed by atoms with Gasteiger partial charge in [-0.05, 0) is 25.1 Å². The third-order valence-electron chi connectivity index (χ3n) is 4.03. The van der Waals surface area contributed by atoms with Gasteiger partial charge in [-0.3, -0.25) is 9.48 Å². The molecule has 0 saturated heterocycles. The zero-order valence-corrected chi connectivity index (χ0v) is 14.1. The summed E-state index contributed by atoms with van der Waals surface area (Å²) in [4.78, 5) is 20.9. The number of carbonyl (C=O) groups is 1. The van der Waals surface area contributed by atoms with E-state index in [2.05, 4.69) is 20.4 Å². The molecule has 0 spiro atoms. The molecule has 0 aliphatic rings. The van der Waals surface area contributed by atoms with E-state index in [0.717, 1.165) is 23.0 Å². The second-order valence-electron chi connectivity index (χ2n) is 5.92. The lowest BCUT2D eigenvalue weighted by molar-refractivity contribution is 0.102. The van der Waals surface area contributed by atoms with E-state index in [-0.39, 0.29) is 11.7 Å². The van der Waals surface area contributed by atoms with E-state index in [9.17, 15) is 9.18 Å². The molecule has 1 N–H and O–H groups in total. The maximum absolute atomic E-state index is 13.0. The smallest absolute Gasteiger partial charge is 0.260 e. The van der Waals surface area contributed by atoms with Gasteiger partial charge in [0.1, 0.15) is 17.3 Å². The maximum atomic E-state index is 13.0. The van der Waals surface area contributed by atoms with Crippen molar-refractivity contribution in [3.8, 4) is 11.1 Å². The SMILES string of the molecule is Cc1nn(C)cc1-c1cc(C(=O)Nc2ccc(F)cn2)c2nccn2c1. The summed E-state index contributed by atoms with van der Waals surface area (Å²) in [6.45, 7) is 1.91. The number of anilines is 1. The number of hydrogen-bond acceptors (Lipinski definition) is 4. The standard InChI is InChI=1S/C18H15FN6O/c1-11-15(10-24(2)23-11)12-7-14(17-20-5-6-25(17)9-12)18(26)22-16-4-3-13(19)8-21-16/h3-10H,1-2H3,(H,21,22,26). The van der Waals surface area contributed by atoms with E-state index in [1.54, 1.807) is 27.5 Å². The van der Waals surface area contributed by atoms with Crippen molar-refractivity contribution in [2.24, 2.45) is 7.05 Å². The number of pyridine rings is 2. The summed E-state index contributed by atoms with van der Waals surface area (Å²) in [5.74, 6) is -0.569. The number of halogens is 1. The predicted octanol–water partition coefficient (Wildman–Crippen LogP) is 2.83. The lowest BCUT2D eigenvalue weighted by Gasteiger charge is -2.09. The van der Waals surface area contributed by atoms with E-state index < -0.39 is 5.82 Å². The molecular weight excluding hydrogens is 335 g/mol. The summed E-state index contributed by atoms with van der Waals surface area (Å²) in [5.41, 5.74) is 3.55. The van der Waals surface area contributed by atoms with Crippen molar-refractivity contribution < 1.29 is 9.18 Å². The Morgan fingerprint density at radius 1 is 1.23 bits per heavy atom. The summed E-state index contributed by atoms with van der Waals surface area (Å²) in [5, 5.41) is 7.03. The van der Waals surface area contributed by atoms with Crippen molar-refractivity contribution >= 4 is 17.4 Å². The van der Waals surface area contributed by atoms with E-state index in [4.69, 9.17) is 0 Å². The predicted molar refractivity (Wildman–Crippen MR) is 94.3 cm³/mol. The molecule has 1 amide bonds. The zero-order valence-electron chi connectivity index (χ0n) is 14.1. The van der Waals surface area contributed by atoms with Gasteiger partial charge in [0.15, 0.2) is 0 Å². The highest BCUT2D eigenvalue weighted by Crippen LogP contribution is 2.25. The molecule has 0 fully saturated rings. The number of fused-ring (bicyclic) bond motifs is 1. The van der Waals surface area contributed by atoms with Gasteiger partial charge < -0.3 is 9.72 Å². The van der Waals surface area contributed by atoms with Crippen LogP contribution in [0.3, 0.4) is 0 Å². The number of rotatable bonds is 3. The largest absolute Gasteiger partial charge is 0.306 e. The minimum absolute atomic E-state index is 0.268. The van der Waals surface area contributed by atoms with Crippen molar-refractivity contribution in [2.45, 2.75) is 6.92 Å². The van der Waals surface area contributed by atoms with E-state index in [1.807, 2.05) is 26.4 Å². The highest BCUT2D eigenvalue weighted by atomic mass is 19.1. The van der Waals surface area contributed by atoms with Crippen LogP contribution in [0.4, 0.5) is 10.2 Å². The van der Waals surface area contributed by atoms with Gasteiger partial charge in [0.05, 0.1) is 17.5 Å². The maximum Gasteiger partial charge on any atom is 0.260 e. The van der Waals surface area contributed by atoms with Crippen LogP contribution in [-0.4, -0.2) is 30.1 Å². The summed E-state index contributed by atoms with van der Waals surface area (Å²) < 4.78 is 16.5. The number of aryl methyl sites for hydroxylation is 2. The first-order valence-corrected chi connectivity index (χ1v) is 7.91. The quantitative estimate of drug-likeness (QED) is 0.616. The summed E-state index contributed by atoms with van der Waals surface area (Å²) in [6.07, 6.45) is 8.26. The van der Waals surface area contributed by atoms with Crippen molar-refractivity contribution in [2.75, 3.05) is 5.32 Å². The fourth-order valence-corrected chi connectivity index (χ4v) is 2.86. The van der Waals surface area contributed by atoms with E-state index in [1.165, 1.54) is 12.1 Å². The first-order chi connectivity index (χ1) is 12.5. The Bertz CT molecular complexity index is 1110. The second-order valence-corrected chi connectivity index (χ2v) is 5.92. The fraction of sp³-hybridized carbons (Fsp3) is 0.111. The van der Waals surface area contributed by atoms with Gasteiger partial charge in [-0.2, -0.15) is 5.10 Å². The lowest BCUT2D eigenvalue weighted by Crippen LogP contribution is -2.14. The fourth-order valence-electron chi connectivity index (χ4n) is 2.86. The summed E-state index contributed by atoms with van der Waals surface area (Å²) in [7, 11) is 1.85. The molecule has 4 aromatic heterocycles. The molecule has 0 bridgehead atoms. The summed E-state index contributed by atoms with van der Waals surface area (Å²) >= 11 is 0. The van der Waals surface area contributed by atoms with Crippen LogP contribution < -0.4 is 5.32 Å². The number of aromatic nitrogens is 5. The molecular formula is C18H15FN6O. The molecule has 0 aliphatic heterocycles. The first kappa shape index (κ1) is 15.9. The molecule has 0 aliphatic carbocycles. The summed E-state index contributed by atoms with van der Waals surface area (Å²) in [6, 6.07) is 4.42. The Balaban J connectivity index is 1.78. The third-order valence-corrected chi connectivity index (χ3v) is 4.03. The molecule has 26 heavy (non-hydrogen) atoms.